The Hall–Kier alpha value is -2.32. The van der Waals surface area contributed by atoms with E-state index in [1.54, 1.807) is 0 Å². The van der Waals surface area contributed by atoms with Crippen LogP contribution in [0.15, 0.2) is 4.99 Å². The third-order valence-electron chi connectivity index (χ3n) is 5.98. The van der Waals surface area contributed by atoms with E-state index in [-0.39, 0.29) is 6.09 Å². The smallest absolute Gasteiger partial charge is 0.410 e. The zero-order chi connectivity index (χ0) is 22.4. The maximum Gasteiger partial charge on any atom is 0.410 e. The van der Waals surface area contributed by atoms with Crippen LogP contribution in [-0.2, 0) is 24.2 Å². The number of aliphatic imine (C=N–C) groups is 1. The van der Waals surface area contributed by atoms with Crippen LogP contribution in [0.4, 0.5) is 4.79 Å². The summed E-state index contributed by atoms with van der Waals surface area (Å²) in [5, 5.41) is 12.2. The van der Waals surface area contributed by atoms with Crippen LogP contribution < -0.4 is 5.32 Å². The number of nitrogens with one attached hydrogen (secondary N) is 1. The highest BCUT2D eigenvalue weighted by molar-refractivity contribution is 5.79. The molecule has 174 valence electrons. The number of ether oxygens (including phenoxy) is 1. The van der Waals surface area contributed by atoms with Crippen LogP contribution in [0.5, 0.6) is 0 Å². The number of hydrogen-bond acceptors (Lipinski definition) is 5. The third-order valence-corrected chi connectivity index (χ3v) is 5.98. The minimum absolute atomic E-state index is 0.216. The number of likely N-dealkylation sites (tertiary alicyclic amines) is 1. The molecule has 3 rings (SSSR count). The molecule has 2 aliphatic heterocycles. The molecular formula is C22H39N7O2. The predicted molar refractivity (Wildman–Crippen MR) is 121 cm³/mol. The van der Waals surface area contributed by atoms with Gasteiger partial charge in [0.25, 0.3) is 0 Å². The molecule has 0 bridgehead atoms. The first-order chi connectivity index (χ1) is 14.8. The van der Waals surface area contributed by atoms with Crippen LogP contribution in [0, 0.1) is 5.92 Å². The Morgan fingerprint density at radius 3 is 2.61 bits per heavy atom. The summed E-state index contributed by atoms with van der Waals surface area (Å²) in [5.74, 6) is 3.47. The van der Waals surface area contributed by atoms with Crippen molar-refractivity contribution in [3.8, 4) is 0 Å². The zero-order valence-electron chi connectivity index (χ0n) is 19.9. The van der Waals surface area contributed by atoms with E-state index in [1.165, 1.54) is 12.8 Å². The fraction of sp³-hybridized carbons (Fsp3) is 0.818. The van der Waals surface area contributed by atoms with Gasteiger partial charge in [0.05, 0.1) is 6.54 Å². The first-order valence-corrected chi connectivity index (χ1v) is 11.6. The standard InChI is InChI=1S/C22H39N7O2/c1-6-27(21(30)31-22(2,3)4)16-17-10-13-28(14-11-17)20(23-5)24-15-19-26-25-18-9-7-8-12-29(18)19/h17H,6-16H2,1-5H3,(H,23,24). The highest BCUT2D eigenvalue weighted by atomic mass is 16.6. The second-order valence-corrected chi connectivity index (χ2v) is 9.49. The number of nitrogens with zero attached hydrogens (tertiary/aromatic N) is 6. The molecule has 9 heteroatoms. The number of aromatic nitrogens is 3. The number of amides is 1. The molecule has 0 radical (unpaired) electrons. The Morgan fingerprint density at radius 2 is 1.97 bits per heavy atom. The van der Waals surface area contributed by atoms with Gasteiger partial charge in [0.15, 0.2) is 11.8 Å². The molecule has 1 fully saturated rings. The van der Waals surface area contributed by atoms with Crippen molar-refractivity contribution in [1.29, 1.82) is 0 Å². The molecule has 0 spiro atoms. The van der Waals surface area contributed by atoms with Gasteiger partial charge in [-0.1, -0.05) is 0 Å². The summed E-state index contributed by atoms with van der Waals surface area (Å²) in [4.78, 5) is 21.0. The summed E-state index contributed by atoms with van der Waals surface area (Å²) in [6, 6.07) is 0. The SMILES string of the molecule is CCN(CC1CCN(C(=NC)NCc2nnc3n2CCCC3)CC1)C(=O)OC(C)(C)C. The average molecular weight is 434 g/mol. The van der Waals surface area contributed by atoms with Gasteiger partial charge in [-0.15, -0.1) is 10.2 Å². The molecule has 1 aromatic heterocycles. The first-order valence-electron chi connectivity index (χ1n) is 11.6. The number of hydrogen-bond donors (Lipinski definition) is 1. The molecular weight excluding hydrogens is 394 g/mol. The third kappa shape index (κ3) is 6.33. The second-order valence-electron chi connectivity index (χ2n) is 9.49. The van der Waals surface area contributed by atoms with E-state index in [0.717, 1.165) is 63.0 Å². The van der Waals surface area contributed by atoms with Crippen molar-refractivity contribution in [2.45, 2.75) is 78.5 Å². The number of piperidine rings is 1. The van der Waals surface area contributed by atoms with Gasteiger partial charge in [-0.2, -0.15) is 0 Å². The van der Waals surface area contributed by atoms with Crippen molar-refractivity contribution >= 4 is 12.1 Å². The van der Waals surface area contributed by atoms with Crippen molar-refractivity contribution in [3.63, 3.8) is 0 Å². The number of carbonyl (C=O) groups is 1. The lowest BCUT2D eigenvalue weighted by atomic mass is 9.96. The Balaban J connectivity index is 1.47. The van der Waals surface area contributed by atoms with Gasteiger partial charge in [-0.3, -0.25) is 4.99 Å². The normalized spacial score (nSPS) is 18.0. The quantitative estimate of drug-likeness (QED) is 0.567. The lowest BCUT2D eigenvalue weighted by Gasteiger charge is -2.36. The molecule has 2 aliphatic rings. The number of carbonyl (C=O) groups excluding carboxylic acids is 1. The molecule has 1 amide bonds. The monoisotopic (exact) mass is 433 g/mol. The van der Waals surface area contributed by atoms with Crippen molar-refractivity contribution in [3.05, 3.63) is 11.6 Å². The minimum atomic E-state index is -0.463. The van der Waals surface area contributed by atoms with Gasteiger partial charge in [0, 0.05) is 46.2 Å². The van der Waals surface area contributed by atoms with Gasteiger partial charge in [-0.25, -0.2) is 4.79 Å². The lowest BCUT2D eigenvalue weighted by molar-refractivity contribution is 0.0214. The van der Waals surface area contributed by atoms with E-state index in [9.17, 15) is 4.79 Å². The van der Waals surface area contributed by atoms with Crippen LogP contribution in [0.3, 0.4) is 0 Å². The number of guanidine groups is 1. The molecule has 31 heavy (non-hydrogen) atoms. The van der Waals surface area contributed by atoms with E-state index < -0.39 is 5.60 Å². The van der Waals surface area contributed by atoms with E-state index in [1.807, 2.05) is 39.6 Å². The molecule has 3 heterocycles. The molecule has 9 nitrogen and oxygen atoms in total. The van der Waals surface area contributed by atoms with Gasteiger partial charge in [0.2, 0.25) is 0 Å². The number of rotatable bonds is 5. The largest absolute Gasteiger partial charge is 0.444 e. The van der Waals surface area contributed by atoms with Gasteiger partial charge >= 0.3 is 6.09 Å². The molecule has 0 saturated carbocycles. The molecule has 0 aliphatic carbocycles. The molecule has 1 N–H and O–H groups in total. The van der Waals surface area contributed by atoms with Gasteiger partial charge in [0.1, 0.15) is 11.4 Å². The van der Waals surface area contributed by atoms with Crippen LogP contribution in [0.2, 0.25) is 0 Å². The van der Waals surface area contributed by atoms with Crippen LogP contribution in [0.1, 0.15) is 65.0 Å². The fourth-order valence-corrected chi connectivity index (χ4v) is 4.29. The summed E-state index contributed by atoms with van der Waals surface area (Å²) in [6.45, 7) is 12.6. The Bertz CT molecular complexity index is 760. The maximum absolute atomic E-state index is 12.4. The summed E-state index contributed by atoms with van der Waals surface area (Å²) in [5.41, 5.74) is -0.463. The van der Waals surface area contributed by atoms with Gasteiger partial charge in [-0.05, 0) is 59.3 Å². The predicted octanol–water partition coefficient (Wildman–Crippen LogP) is 2.66. The summed E-state index contributed by atoms with van der Waals surface area (Å²) < 4.78 is 7.79. The van der Waals surface area contributed by atoms with Crippen molar-refractivity contribution in [2.24, 2.45) is 10.9 Å². The Labute approximate surface area is 186 Å². The van der Waals surface area contributed by atoms with E-state index in [2.05, 4.69) is 30.0 Å². The molecule has 1 saturated heterocycles. The Morgan fingerprint density at radius 1 is 1.23 bits per heavy atom. The summed E-state index contributed by atoms with van der Waals surface area (Å²) >= 11 is 0. The zero-order valence-corrected chi connectivity index (χ0v) is 19.9. The van der Waals surface area contributed by atoms with Crippen LogP contribution in [-0.4, -0.2) is 75.4 Å². The number of aryl methyl sites for hydroxylation is 1. The summed E-state index contributed by atoms with van der Waals surface area (Å²) in [6.07, 6.45) is 5.25. The minimum Gasteiger partial charge on any atom is -0.444 e. The molecule has 1 aromatic rings. The highest BCUT2D eigenvalue weighted by Crippen LogP contribution is 2.20. The Kier molecular flexibility index (Phi) is 7.78. The molecule has 0 atom stereocenters. The average Bonchev–Trinajstić information content (AvgIpc) is 3.15. The first kappa shape index (κ1) is 23.3. The highest BCUT2D eigenvalue weighted by Gasteiger charge is 2.27. The van der Waals surface area contributed by atoms with Crippen LogP contribution in [0.25, 0.3) is 0 Å². The fourth-order valence-electron chi connectivity index (χ4n) is 4.29. The molecule has 0 unspecified atom stereocenters. The van der Waals surface area contributed by atoms with Crippen molar-refractivity contribution in [2.75, 3.05) is 33.2 Å². The number of fused-ring (bicyclic) bond motifs is 1. The lowest BCUT2D eigenvalue weighted by Crippen LogP contribution is -2.47. The topological polar surface area (TPSA) is 87.9 Å². The van der Waals surface area contributed by atoms with Crippen molar-refractivity contribution in [1.82, 2.24) is 29.9 Å². The van der Waals surface area contributed by atoms with Crippen molar-refractivity contribution < 1.29 is 9.53 Å². The second kappa shape index (κ2) is 10.3. The summed E-state index contributed by atoms with van der Waals surface area (Å²) in [7, 11) is 1.83. The van der Waals surface area contributed by atoms with Gasteiger partial charge < -0.3 is 24.4 Å². The van der Waals surface area contributed by atoms with E-state index in [0.29, 0.717) is 19.0 Å². The van der Waals surface area contributed by atoms with E-state index >= 15 is 0 Å². The van der Waals surface area contributed by atoms with Crippen LogP contribution >= 0.6 is 0 Å². The maximum atomic E-state index is 12.4. The van der Waals surface area contributed by atoms with E-state index in [4.69, 9.17) is 4.74 Å². The molecule has 0 aromatic carbocycles.